The Hall–Kier alpha value is -2.11. The number of hydrogen-bond acceptors (Lipinski definition) is 3. The molecule has 0 bridgehead atoms. The summed E-state index contributed by atoms with van der Waals surface area (Å²) in [7, 11) is 0. The molecule has 0 aromatic heterocycles. The van der Waals surface area contributed by atoms with E-state index in [0.29, 0.717) is 23.7 Å². The van der Waals surface area contributed by atoms with E-state index in [-0.39, 0.29) is 23.7 Å². The summed E-state index contributed by atoms with van der Waals surface area (Å²) >= 11 is 6.14. The number of likely N-dealkylation sites (tertiary alicyclic amines) is 1. The lowest BCUT2D eigenvalue weighted by atomic mass is 9.95. The first-order valence-corrected chi connectivity index (χ1v) is 11.5. The highest BCUT2D eigenvalue weighted by Crippen LogP contribution is 2.24. The molecule has 1 amide bonds. The van der Waals surface area contributed by atoms with Crippen LogP contribution in [0.5, 0.6) is 5.75 Å². The van der Waals surface area contributed by atoms with Gasteiger partial charge in [0.1, 0.15) is 11.6 Å². The number of ether oxygens (including phenoxy) is 1. The minimum atomic E-state index is -0.270. The van der Waals surface area contributed by atoms with Gasteiger partial charge in [-0.25, -0.2) is 4.39 Å². The number of rotatable bonds is 9. The maximum Gasteiger partial charge on any atom is 0.223 e. The minimum absolute atomic E-state index is 0.0233. The molecule has 4 nitrogen and oxygen atoms in total. The zero-order valence-electron chi connectivity index (χ0n) is 18.4. The highest BCUT2D eigenvalue weighted by Gasteiger charge is 2.25. The van der Waals surface area contributed by atoms with Gasteiger partial charge in [0, 0.05) is 29.6 Å². The Morgan fingerprint density at radius 2 is 1.97 bits per heavy atom. The van der Waals surface area contributed by atoms with Gasteiger partial charge in [-0.1, -0.05) is 29.8 Å². The summed E-state index contributed by atoms with van der Waals surface area (Å²) in [6.07, 6.45) is 3.52. The van der Waals surface area contributed by atoms with Crippen LogP contribution in [0.2, 0.25) is 5.02 Å². The largest absolute Gasteiger partial charge is 0.491 e. The van der Waals surface area contributed by atoms with E-state index in [2.05, 4.69) is 22.3 Å². The molecular weight excluding hydrogens is 415 g/mol. The first-order valence-electron chi connectivity index (χ1n) is 11.1. The van der Waals surface area contributed by atoms with Crippen LogP contribution < -0.4 is 10.1 Å². The van der Waals surface area contributed by atoms with E-state index in [9.17, 15) is 9.18 Å². The molecular formula is C25H32ClFN2O2. The van der Waals surface area contributed by atoms with Crippen molar-refractivity contribution in [2.75, 3.05) is 19.6 Å². The van der Waals surface area contributed by atoms with Crippen molar-refractivity contribution in [1.29, 1.82) is 0 Å². The highest BCUT2D eigenvalue weighted by molar-refractivity contribution is 6.31. The van der Waals surface area contributed by atoms with Crippen LogP contribution in [0.3, 0.4) is 0 Å². The summed E-state index contributed by atoms with van der Waals surface area (Å²) in [6.45, 7) is 6.72. The van der Waals surface area contributed by atoms with Crippen LogP contribution >= 0.6 is 11.6 Å². The molecule has 1 aliphatic heterocycles. The second-order valence-electron chi connectivity index (χ2n) is 8.46. The van der Waals surface area contributed by atoms with E-state index >= 15 is 0 Å². The molecule has 0 saturated carbocycles. The van der Waals surface area contributed by atoms with Gasteiger partial charge in [0.05, 0.1) is 6.10 Å². The quantitative estimate of drug-likeness (QED) is 0.536. The Kier molecular flexibility index (Phi) is 8.73. The molecule has 1 saturated heterocycles. The molecule has 2 aromatic rings. The number of carbonyl (C=O) groups is 1. The Morgan fingerprint density at radius 3 is 2.68 bits per heavy atom. The van der Waals surface area contributed by atoms with Crippen molar-refractivity contribution < 1.29 is 13.9 Å². The molecule has 0 atom stereocenters. The third-order valence-corrected chi connectivity index (χ3v) is 5.97. The lowest BCUT2D eigenvalue weighted by Gasteiger charge is -2.31. The molecule has 1 aliphatic rings. The average molecular weight is 447 g/mol. The van der Waals surface area contributed by atoms with Gasteiger partial charge in [-0.05, 0) is 82.4 Å². The van der Waals surface area contributed by atoms with E-state index < -0.39 is 0 Å². The summed E-state index contributed by atoms with van der Waals surface area (Å²) in [6, 6.07) is 12.9. The number of amides is 1. The SMILES string of the molecule is CC(C)Oc1cccc(CCCNC(=O)C2CCN(Cc3c(F)cccc3Cl)CC2)c1. The second-order valence-corrected chi connectivity index (χ2v) is 8.87. The fourth-order valence-electron chi connectivity index (χ4n) is 3.96. The van der Waals surface area contributed by atoms with Crippen LogP contribution in [0.25, 0.3) is 0 Å². The van der Waals surface area contributed by atoms with Crippen molar-refractivity contribution in [1.82, 2.24) is 10.2 Å². The monoisotopic (exact) mass is 446 g/mol. The molecule has 3 rings (SSSR count). The Balaban J connectivity index is 1.37. The van der Waals surface area contributed by atoms with E-state index in [1.165, 1.54) is 11.6 Å². The van der Waals surface area contributed by atoms with Gasteiger partial charge in [0.15, 0.2) is 0 Å². The Labute approximate surface area is 189 Å². The van der Waals surface area contributed by atoms with Crippen LogP contribution in [-0.2, 0) is 17.8 Å². The summed E-state index contributed by atoms with van der Waals surface area (Å²) in [5.74, 6) is 0.768. The fourth-order valence-corrected chi connectivity index (χ4v) is 4.18. The molecule has 168 valence electrons. The molecule has 1 fully saturated rings. The van der Waals surface area contributed by atoms with Crippen molar-refractivity contribution in [2.45, 2.75) is 52.2 Å². The molecule has 0 radical (unpaired) electrons. The van der Waals surface area contributed by atoms with E-state index in [0.717, 1.165) is 44.5 Å². The van der Waals surface area contributed by atoms with Crippen molar-refractivity contribution in [3.05, 3.63) is 64.4 Å². The third kappa shape index (κ3) is 7.22. The molecule has 1 heterocycles. The molecule has 2 aromatic carbocycles. The number of piperidine rings is 1. The number of nitrogens with zero attached hydrogens (tertiary/aromatic N) is 1. The maximum atomic E-state index is 14.0. The van der Waals surface area contributed by atoms with Crippen LogP contribution in [0.4, 0.5) is 4.39 Å². The van der Waals surface area contributed by atoms with Gasteiger partial charge in [0.25, 0.3) is 0 Å². The zero-order valence-corrected chi connectivity index (χ0v) is 19.1. The van der Waals surface area contributed by atoms with Crippen LogP contribution in [0.15, 0.2) is 42.5 Å². The first kappa shape index (κ1) is 23.6. The average Bonchev–Trinajstić information content (AvgIpc) is 2.74. The fraction of sp³-hybridized carbons (Fsp3) is 0.480. The van der Waals surface area contributed by atoms with Gasteiger partial charge < -0.3 is 10.1 Å². The molecule has 0 aliphatic carbocycles. The Morgan fingerprint density at radius 1 is 1.23 bits per heavy atom. The normalized spacial score (nSPS) is 15.3. The molecule has 6 heteroatoms. The van der Waals surface area contributed by atoms with Gasteiger partial charge in [-0.15, -0.1) is 0 Å². The lowest BCUT2D eigenvalue weighted by molar-refractivity contribution is -0.126. The zero-order chi connectivity index (χ0) is 22.2. The summed E-state index contributed by atoms with van der Waals surface area (Å²) < 4.78 is 19.7. The summed E-state index contributed by atoms with van der Waals surface area (Å²) in [4.78, 5) is 14.7. The van der Waals surface area contributed by atoms with Crippen LogP contribution in [0.1, 0.15) is 44.2 Å². The number of nitrogens with one attached hydrogen (secondary N) is 1. The minimum Gasteiger partial charge on any atom is -0.491 e. The van der Waals surface area contributed by atoms with Crippen molar-refractivity contribution in [3.8, 4) is 5.75 Å². The van der Waals surface area contributed by atoms with Crippen LogP contribution in [-0.4, -0.2) is 36.5 Å². The van der Waals surface area contributed by atoms with Crippen LogP contribution in [0, 0.1) is 11.7 Å². The number of aryl methyl sites for hydroxylation is 1. The highest BCUT2D eigenvalue weighted by atomic mass is 35.5. The van der Waals surface area contributed by atoms with E-state index in [1.807, 2.05) is 26.0 Å². The topological polar surface area (TPSA) is 41.6 Å². The van der Waals surface area contributed by atoms with Crippen molar-refractivity contribution in [2.24, 2.45) is 5.92 Å². The summed E-state index contributed by atoms with van der Waals surface area (Å²) in [5, 5.41) is 3.54. The first-order chi connectivity index (χ1) is 14.9. The predicted octanol–water partition coefficient (Wildman–Crippen LogP) is 5.23. The molecule has 0 unspecified atom stereocenters. The smallest absolute Gasteiger partial charge is 0.223 e. The predicted molar refractivity (Wildman–Crippen MR) is 123 cm³/mol. The lowest BCUT2D eigenvalue weighted by Crippen LogP contribution is -2.40. The number of benzene rings is 2. The molecule has 0 spiro atoms. The van der Waals surface area contributed by atoms with E-state index in [4.69, 9.17) is 16.3 Å². The van der Waals surface area contributed by atoms with Crippen molar-refractivity contribution >= 4 is 17.5 Å². The molecule has 1 N–H and O–H groups in total. The van der Waals surface area contributed by atoms with Gasteiger partial charge >= 0.3 is 0 Å². The van der Waals surface area contributed by atoms with E-state index in [1.54, 1.807) is 12.1 Å². The van der Waals surface area contributed by atoms with Gasteiger partial charge in [0.2, 0.25) is 5.91 Å². The van der Waals surface area contributed by atoms with Gasteiger partial charge in [-0.2, -0.15) is 0 Å². The third-order valence-electron chi connectivity index (χ3n) is 5.61. The number of halogens is 2. The number of hydrogen-bond donors (Lipinski definition) is 1. The van der Waals surface area contributed by atoms with Crippen molar-refractivity contribution in [3.63, 3.8) is 0 Å². The van der Waals surface area contributed by atoms with Gasteiger partial charge in [-0.3, -0.25) is 9.69 Å². The summed E-state index contributed by atoms with van der Waals surface area (Å²) in [5.41, 5.74) is 1.75. The maximum absolute atomic E-state index is 14.0. The standard InChI is InChI=1S/C25H32ClFN2O2/c1-18(2)31-21-8-3-6-19(16-21)7-5-13-28-25(30)20-11-14-29(15-12-20)17-22-23(26)9-4-10-24(22)27/h3-4,6,8-10,16,18,20H,5,7,11-15,17H2,1-2H3,(H,28,30). The molecule has 31 heavy (non-hydrogen) atoms. The number of carbonyl (C=O) groups excluding carboxylic acids is 1. The second kappa shape index (κ2) is 11.5. The Bertz CT molecular complexity index is 846.